The van der Waals surface area contributed by atoms with Gasteiger partial charge in [0.15, 0.2) is 0 Å². The molecule has 2 aromatic rings. The van der Waals surface area contributed by atoms with E-state index in [0.717, 1.165) is 42.1 Å². The van der Waals surface area contributed by atoms with Crippen molar-refractivity contribution in [3.05, 3.63) is 22.4 Å². The van der Waals surface area contributed by atoms with Gasteiger partial charge in [-0.1, -0.05) is 18.6 Å². The molecular formula is C18H25BrLiN5O2. The summed E-state index contributed by atoms with van der Waals surface area (Å²) in [4.78, 5) is 14.7. The Kier molecular flexibility index (Phi) is 10.1. The number of nitrogens with two attached hydrogens (primary N) is 2. The molecule has 0 spiro atoms. The van der Waals surface area contributed by atoms with Gasteiger partial charge in [0, 0.05) is 30.3 Å². The first kappa shape index (κ1) is 23.7. The third-order valence-corrected chi connectivity index (χ3v) is 4.68. The number of hydrogen-bond donors (Lipinski definition) is 2. The number of pyridine rings is 1. The molecule has 7 nitrogen and oxygen atoms in total. The molecule has 27 heavy (non-hydrogen) atoms. The number of nitrogens with zero attached hydrogens (tertiary/aromatic N) is 3. The molecule has 0 saturated carbocycles. The molecular weight excluding hydrogens is 405 g/mol. The molecule has 0 fully saturated rings. The SMILES string of the molecule is CC(N)CCn1nc(Br)c2c(N)ncc(/C=C/CCCCCC(=O)[O-])c21.[Li+]. The van der Waals surface area contributed by atoms with Crippen LogP contribution in [0.4, 0.5) is 5.82 Å². The van der Waals surface area contributed by atoms with Crippen molar-refractivity contribution >= 4 is 44.7 Å². The van der Waals surface area contributed by atoms with E-state index >= 15 is 0 Å². The Balaban J connectivity index is 0.00000364. The van der Waals surface area contributed by atoms with Crippen LogP contribution in [0.5, 0.6) is 0 Å². The molecule has 142 valence electrons. The van der Waals surface area contributed by atoms with Gasteiger partial charge in [-0.15, -0.1) is 0 Å². The van der Waals surface area contributed by atoms with Crippen molar-refractivity contribution in [1.29, 1.82) is 0 Å². The van der Waals surface area contributed by atoms with Crippen LogP contribution < -0.4 is 35.4 Å². The number of aromatic nitrogens is 3. The zero-order valence-electron chi connectivity index (χ0n) is 15.9. The predicted molar refractivity (Wildman–Crippen MR) is 105 cm³/mol. The second kappa shape index (κ2) is 11.5. The Morgan fingerprint density at radius 1 is 1.41 bits per heavy atom. The number of carboxylic acids is 1. The van der Waals surface area contributed by atoms with E-state index < -0.39 is 5.97 Å². The number of nitrogen functional groups attached to an aromatic ring is 1. The largest absolute Gasteiger partial charge is 1.00 e. The topological polar surface area (TPSA) is 123 Å². The Labute approximate surface area is 179 Å². The van der Waals surface area contributed by atoms with Crippen molar-refractivity contribution in [3.63, 3.8) is 0 Å². The number of halogens is 1. The van der Waals surface area contributed by atoms with Crippen LogP contribution in [0.2, 0.25) is 0 Å². The predicted octanol–water partition coefficient (Wildman–Crippen LogP) is -0.769. The fourth-order valence-electron chi connectivity index (χ4n) is 2.75. The summed E-state index contributed by atoms with van der Waals surface area (Å²) in [5.41, 5.74) is 13.8. The maximum Gasteiger partial charge on any atom is 1.00 e. The van der Waals surface area contributed by atoms with Gasteiger partial charge < -0.3 is 21.4 Å². The third kappa shape index (κ3) is 6.96. The zero-order chi connectivity index (χ0) is 19.1. The summed E-state index contributed by atoms with van der Waals surface area (Å²) in [6.07, 6.45) is 10.1. The van der Waals surface area contributed by atoms with Crippen molar-refractivity contribution in [2.45, 2.75) is 58.0 Å². The first-order chi connectivity index (χ1) is 12.4. The van der Waals surface area contributed by atoms with Gasteiger partial charge in [-0.2, -0.15) is 5.10 Å². The minimum absolute atomic E-state index is 0. The molecule has 0 bridgehead atoms. The first-order valence-corrected chi connectivity index (χ1v) is 9.62. The number of rotatable bonds is 10. The number of carbonyl (C=O) groups excluding carboxylic acids is 1. The maximum atomic E-state index is 10.4. The van der Waals surface area contributed by atoms with Gasteiger partial charge in [0.25, 0.3) is 0 Å². The van der Waals surface area contributed by atoms with Crippen LogP contribution >= 0.6 is 15.9 Å². The summed E-state index contributed by atoms with van der Waals surface area (Å²) in [6, 6.07) is 0.0900. The molecule has 1 atom stereocenters. The van der Waals surface area contributed by atoms with Crippen molar-refractivity contribution < 1.29 is 28.8 Å². The molecule has 2 rings (SSSR count). The number of anilines is 1. The van der Waals surface area contributed by atoms with Crippen LogP contribution in [-0.2, 0) is 11.3 Å². The third-order valence-electron chi connectivity index (χ3n) is 4.13. The molecule has 0 saturated heterocycles. The van der Waals surface area contributed by atoms with Gasteiger partial charge >= 0.3 is 18.9 Å². The maximum absolute atomic E-state index is 10.4. The summed E-state index contributed by atoms with van der Waals surface area (Å²) >= 11 is 3.47. The van der Waals surface area contributed by atoms with Gasteiger partial charge in [0.2, 0.25) is 0 Å². The molecule has 0 amide bonds. The van der Waals surface area contributed by atoms with E-state index in [-0.39, 0.29) is 31.3 Å². The molecule has 0 aliphatic rings. The summed E-state index contributed by atoms with van der Waals surface area (Å²) in [5, 5.41) is 15.7. The van der Waals surface area contributed by atoms with E-state index in [1.807, 2.05) is 17.7 Å². The fourth-order valence-corrected chi connectivity index (χ4v) is 3.33. The second-order valence-electron chi connectivity index (χ2n) is 6.48. The Hall–Kier alpha value is -1.33. The minimum Gasteiger partial charge on any atom is -0.550 e. The van der Waals surface area contributed by atoms with Crippen LogP contribution in [0.1, 0.15) is 51.0 Å². The van der Waals surface area contributed by atoms with Gasteiger partial charge in [-0.3, -0.25) is 4.68 Å². The molecule has 2 heterocycles. The fraction of sp³-hybridized carbons (Fsp3) is 0.500. The smallest absolute Gasteiger partial charge is 0.550 e. The van der Waals surface area contributed by atoms with E-state index in [4.69, 9.17) is 11.5 Å². The van der Waals surface area contributed by atoms with Crippen LogP contribution in [0.25, 0.3) is 17.0 Å². The van der Waals surface area contributed by atoms with Crippen LogP contribution in [0.15, 0.2) is 16.9 Å². The molecule has 9 heteroatoms. The molecule has 1 unspecified atom stereocenters. The quantitative estimate of drug-likeness (QED) is 0.377. The number of allylic oxidation sites excluding steroid dienone is 1. The minimum atomic E-state index is -0.985. The molecule has 0 aliphatic heterocycles. The van der Waals surface area contributed by atoms with Gasteiger partial charge in [-0.05, 0) is 55.0 Å². The van der Waals surface area contributed by atoms with Crippen molar-refractivity contribution in [1.82, 2.24) is 14.8 Å². The van der Waals surface area contributed by atoms with Crippen LogP contribution in [-0.4, -0.2) is 26.8 Å². The van der Waals surface area contributed by atoms with Crippen molar-refractivity contribution in [2.75, 3.05) is 5.73 Å². The summed E-state index contributed by atoms with van der Waals surface area (Å²) < 4.78 is 2.60. The Morgan fingerprint density at radius 2 is 2.15 bits per heavy atom. The standard InChI is InChI=1S/C18H26BrN5O2.Li/c1-12(20)9-10-24-16-13(7-5-3-2-4-6-8-14(25)26)11-22-18(21)15(16)17(19)23-24;/h5,7,11-12H,2-4,6,8-10,20H2,1H3,(H2,21,22)(H,25,26);/q;+1/p-1/b7-5+;. The number of aliphatic carboxylic acids is 1. The average molecular weight is 430 g/mol. The van der Waals surface area contributed by atoms with Gasteiger partial charge in [-0.25, -0.2) is 4.98 Å². The van der Waals surface area contributed by atoms with E-state index in [1.54, 1.807) is 6.20 Å². The van der Waals surface area contributed by atoms with Crippen LogP contribution in [0, 0.1) is 0 Å². The normalized spacial score (nSPS) is 12.4. The molecule has 2 aromatic heterocycles. The van der Waals surface area contributed by atoms with E-state index in [2.05, 4.69) is 32.1 Å². The Morgan fingerprint density at radius 3 is 2.81 bits per heavy atom. The molecule has 0 aromatic carbocycles. The number of fused-ring (bicyclic) bond motifs is 1. The van der Waals surface area contributed by atoms with E-state index in [0.29, 0.717) is 23.4 Å². The number of unbranched alkanes of at least 4 members (excludes halogenated alkanes) is 3. The van der Waals surface area contributed by atoms with Crippen LogP contribution in [0.3, 0.4) is 0 Å². The summed E-state index contributed by atoms with van der Waals surface area (Å²) in [5.74, 6) is -0.542. The Bertz CT molecular complexity index is 792. The number of carboxylic acid groups (broad SMARTS) is 1. The van der Waals surface area contributed by atoms with E-state index in [9.17, 15) is 9.90 Å². The average Bonchev–Trinajstić information content (AvgIpc) is 2.91. The van der Waals surface area contributed by atoms with Crippen molar-refractivity contribution in [2.24, 2.45) is 5.73 Å². The number of carbonyl (C=O) groups is 1. The molecule has 0 radical (unpaired) electrons. The zero-order valence-corrected chi connectivity index (χ0v) is 17.5. The van der Waals surface area contributed by atoms with E-state index in [1.165, 1.54) is 0 Å². The number of aryl methyl sites for hydroxylation is 1. The molecule has 0 aliphatic carbocycles. The monoisotopic (exact) mass is 429 g/mol. The second-order valence-corrected chi connectivity index (χ2v) is 7.23. The summed E-state index contributed by atoms with van der Waals surface area (Å²) in [7, 11) is 0. The van der Waals surface area contributed by atoms with Crippen molar-refractivity contribution in [3.8, 4) is 0 Å². The number of hydrogen-bond acceptors (Lipinski definition) is 6. The summed E-state index contributed by atoms with van der Waals surface area (Å²) in [6.45, 7) is 2.67. The van der Waals surface area contributed by atoms with Gasteiger partial charge in [0.05, 0.1) is 10.9 Å². The molecule has 4 N–H and O–H groups in total. The first-order valence-electron chi connectivity index (χ1n) is 8.82. The van der Waals surface area contributed by atoms with Gasteiger partial charge in [0.1, 0.15) is 10.4 Å².